The van der Waals surface area contributed by atoms with Crippen LogP contribution in [0.1, 0.15) is 38.0 Å². The largest absolute Gasteiger partial charge is 0.295 e. The molecule has 2 nitrogen and oxygen atoms in total. The third-order valence-electron chi connectivity index (χ3n) is 6.09. The quantitative estimate of drug-likeness (QED) is 0.787. The van der Waals surface area contributed by atoms with Crippen LogP contribution in [0, 0.1) is 0 Å². The van der Waals surface area contributed by atoms with Crippen molar-refractivity contribution in [3.8, 4) is 10.4 Å². The fraction of sp³-hybridized carbons (Fsp3) is 0.524. The van der Waals surface area contributed by atoms with E-state index >= 15 is 0 Å². The van der Waals surface area contributed by atoms with Gasteiger partial charge in [-0.05, 0) is 37.0 Å². The molecule has 2 saturated heterocycles. The summed E-state index contributed by atoms with van der Waals surface area (Å²) in [4.78, 5) is 8.44. The van der Waals surface area contributed by atoms with Gasteiger partial charge in [-0.25, -0.2) is 0 Å². The van der Waals surface area contributed by atoms with Crippen molar-refractivity contribution in [1.29, 1.82) is 0 Å². The molecule has 1 saturated carbocycles. The monoisotopic (exact) mass is 340 g/mol. The van der Waals surface area contributed by atoms with Gasteiger partial charge in [0.05, 0.1) is 0 Å². The molecular weight excluding hydrogens is 312 g/mol. The molecule has 2 aromatic rings. The second kappa shape index (κ2) is 6.62. The third kappa shape index (κ3) is 2.54. The molecule has 3 heterocycles. The summed E-state index contributed by atoms with van der Waals surface area (Å²) in [6, 6.07) is 16.2. The van der Waals surface area contributed by atoms with Gasteiger partial charge in [-0.1, -0.05) is 44.2 Å². The average molecular weight is 341 g/mol. The zero-order chi connectivity index (χ0) is 16.6. The Bertz CT molecular complexity index is 676. The maximum Gasteiger partial charge on any atom is 0.0378 e. The van der Waals surface area contributed by atoms with Gasteiger partial charge in [-0.15, -0.1) is 11.3 Å². The molecule has 0 bridgehead atoms. The van der Waals surface area contributed by atoms with E-state index in [1.54, 1.807) is 0 Å². The molecule has 2 atom stereocenters. The second-order valence-corrected chi connectivity index (χ2v) is 8.17. The van der Waals surface area contributed by atoms with Gasteiger partial charge < -0.3 is 0 Å². The Balaban J connectivity index is 0.000000704. The normalized spacial score (nSPS) is 28.7. The minimum absolute atomic E-state index is 0.595. The van der Waals surface area contributed by atoms with Gasteiger partial charge in [0, 0.05) is 47.5 Å². The zero-order valence-electron chi connectivity index (χ0n) is 14.9. The van der Waals surface area contributed by atoms with Crippen LogP contribution in [0.15, 0.2) is 42.5 Å². The van der Waals surface area contributed by atoms with E-state index in [1.807, 2.05) is 25.2 Å². The van der Waals surface area contributed by atoms with Gasteiger partial charge in [-0.3, -0.25) is 9.80 Å². The molecule has 0 amide bonds. The number of nitrogens with zero attached hydrogens (tertiary/aromatic N) is 2. The SMILES string of the molecule is CC.c1ccc(-c2ccc(CN3CCN4CCC45CCC35)s2)cc1. The lowest BCUT2D eigenvalue weighted by molar-refractivity contribution is -0.176. The van der Waals surface area contributed by atoms with E-state index in [4.69, 9.17) is 0 Å². The van der Waals surface area contributed by atoms with Crippen molar-refractivity contribution in [2.45, 2.75) is 51.2 Å². The Labute approximate surface area is 150 Å². The van der Waals surface area contributed by atoms with Gasteiger partial charge in [0.1, 0.15) is 0 Å². The summed E-state index contributed by atoms with van der Waals surface area (Å²) < 4.78 is 0. The van der Waals surface area contributed by atoms with Gasteiger partial charge in [0.25, 0.3) is 0 Å². The smallest absolute Gasteiger partial charge is 0.0378 e. The maximum absolute atomic E-state index is 2.76. The zero-order valence-corrected chi connectivity index (χ0v) is 15.7. The highest BCUT2D eigenvalue weighted by Gasteiger charge is 2.59. The lowest BCUT2D eigenvalue weighted by atomic mass is 9.61. The van der Waals surface area contributed by atoms with Crippen LogP contribution in [-0.2, 0) is 6.54 Å². The van der Waals surface area contributed by atoms with E-state index in [2.05, 4.69) is 52.3 Å². The van der Waals surface area contributed by atoms with E-state index in [0.717, 1.165) is 12.6 Å². The molecule has 3 heteroatoms. The van der Waals surface area contributed by atoms with Crippen LogP contribution in [0.25, 0.3) is 10.4 Å². The van der Waals surface area contributed by atoms with E-state index in [-0.39, 0.29) is 0 Å². The highest BCUT2D eigenvalue weighted by Crippen LogP contribution is 2.52. The van der Waals surface area contributed by atoms with Gasteiger partial charge in [0.2, 0.25) is 0 Å². The fourth-order valence-electron chi connectivity index (χ4n) is 4.70. The van der Waals surface area contributed by atoms with Crippen LogP contribution in [0.2, 0.25) is 0 Å². The van der Waals surface area contributed by atoms with Crippen LogP contribution < -0.4 is 0 Å². The Hall–Kier alpha value is -1.16. The van der Waals surface area contributed by atoms with E-state index < -0.39 is 0 Å². The summed E-state index contributed by atoms with van der Waals surface area (Å²) in [6.07, 6.45) is 4.29. The highest BCUT2D eigenvalue weighted by atomic mass is 32.1. The summed E-state index contributed by atoms with van der Waals surface area (Å²) >= 11 is 1.97. The van der Waals surface area contributed by atoms with Crippen LogP contribution in [-0.4, -0.2) is 41.0 Å². The average Bonchev–Trinajstić information content (AvgIpc) is 3.03. The Morgan fingerprint density at radius 1 is 1.00 bits per heavy atom. The van der Waals surface area contributed by atoms with Crippen molar-refractivity contribution in [2.24, 2.45) is 0 Å². The summed E-state index contributed by atoms with van der Waals surface area (Å²) in [5.41, 5.74) is 1.94. The van der Waals surface area contributed by atoms with Crippen LogP contribution in [0.4, 0.5) is 0 Å². The molecule has 24 heavy (non-hydrogen) atoms. The number of thiophene rings is 1. The summed E-state index contributed by atoms with van der Waals surface area (Å²) in [5, 5.41) is 0. The minimum Gasteiger partial charge on any atom is -0.295 e. The molecule has 1 aromatic heterocycles. The van der Waals surface area contributed by atoms with E-state index in [0.29, 0.717) is 5.54 Å². The predicted octanol–water partition coefficient (Wildman–Crippen LogP) is 4.86. The summed E-state index contributed by atoms with van der Waals surface area (Å²) in [7, 11) is 0. The van der Waals surface area contributed by atoms with Gasteiger partial charge in [-0.2, -0.15) is 0 Å². The van der Waals surface area contributed by atoms with Crippen molar-refractivity contribution in [3.05, 3.63) is 47.3 Å². The van der Waals surface area contributed by atoms with Crippen molar-refractivity contribution in [3.63, 3.8) is 0 Å². The first-order valence-corrected chi connectivity index (χ1v) is 10.3. The predicted molar refractivity (Wildman–Crippen MR) is 103 cm³/mol. The van der Waals surface area contributed by atoms with Gasteiger partial charge >= 0.3 is 0 Å². The van der Waals surface area contributed by atoms with E-state index in [1.165, 1.54) is 54.2 Å². The van der Waals surface area contributed by atoms with Crippen molar-refractivity contribution in [2.75, 3.05) is 19.6 Å². The van der Waals surface area contributed by atoms with Gasteiger partial charge in [0.15, 0.2) is 0 Å². The van der Waals surface area contributed by atoms with E-state index in [9.17, 15) is 0 Å². The maximum atomic E-state index is 2.76. The first kappa shape index (κ1) is 16.3. The molecule has 128 valence electrons. The van der Waals surface area contributed by atoms with Crippen molar-refractivity contribution >= 4 is 11.3 Å². The standard InChI is InChI=1S/C19H22N2S.C2H6/c1-2-4-15(5-3-1)17-7-6-16(22-17)14-20-12-13-21-11-10-19(21)9-8-18(19)20;1-2/h1-7,18H,8-14H2;1-2H3. The molecule has 3 fully saturated rings. The second-order valence-electron chi connectivity index (χ2n) is 7.00. The number of piperazine rings is 1. The minimum atomic E-state index is 0.595. The molecule has 0 N–H and O–H groups in total. The molecule has 5 rings (SSSR count). The molecule has 3 aliphatic rings. The Kier molecular flexibility index (Phi) is 4.50. The Morgan fingerprint density at radius 3 is 2.50 bits per heavy atom. The summed E-state index contributed by atoms with van der Waals surface area (Å²) in [5.74, 6) is 0. The lowest BCUT2D eigenvalue weighted by Crippen LogP contribution is -2.79. The highest BCUT2D eigenvalue weighted by molar-refractivity contribution is 7.15. The summed E-state index contributed by atoms with van der Waals surface area (Å²) in [6.45, 7) is 9.04. The van der Waals surface area contributed by atoms with Crippen LogP contribution in [0.3, 0.4) is 0 Å². The first-order valence-electron chi connectivity index (χ1n) is 9.48. The number of hydrogen-bond acceptors (Lipinski definition) is 3. The molecule has 1 aromatic carbocycles. The molecule has 2 unspecified atom stereocenters. The first-order chi connectivity index (χ1) is 11.9. The number of benzene rings is 1. The number of rotatable bonds is 3. The van der Waals surface area contributed by atoms with Crippen molar-refractivity contribution < 1.29 is 0 Å². The molecule has 0 radical (unpaired) electrons. The molecule has 1 spiro atoms. The van der Waals surface area contributed by atoms with Crippen LogP contribution >= 0.6 is 11.3 Å². The molecule has 1 aliphatic carbocycles. The van der Waals surface area contributed by atoms with Crippen molar-refractivity contribution in [1.82, 2.24) is 9.80 Å². The fourth-order valence-corrected chi connectivity index (χ4v) is 5.73. The van der Waals surface area contributed by atoms with Crippen LogP contribution in [0.5, 0.6) is 0 Å². The molecule has 2 aliphatic heterocycles. The molecular formula is C21H28N2S. The third-order valence-corrected chi connectivity index (χ3v) is 7.21. The number of hydrogen-bond donors (Lipinski definition) is 0. The lowest BCUT2D eigenvalue weighted by Gasteiger charge is -2.69. The topological polar surface area (TPSA) is 6.48 Å². The Morgan fingerprint density at radius 2 is 1.83 bits per heavy atom.